The summed E-state index contributed by atoms with van der Waals surface area (Å²) in [7, 11) is 7.52. The normalized spacial score (nSPS) is 11.4. The Hall–Kier alpha value is -0.633. The van der Waals surface area contributed by atoms with Crippen molar-refractivity contribution in [3.05, 3.63) is 0 Å². The largest absolute Gasteiger partial charge is 0.527 e. The van der Waals surface area contributed by atoms with Crippen molar-refractivity contribution in [2.24, 2.45) is 0 Å². The van der Waals surface area contributed by atoms with Gasteiger partial charge in [0, 0.05) is 27.7 Å². The van der Waals surface area contributed by atoms with E-state index in [1.807, 2.05) is 0 Å². The molecule has 0 bridgehead atoms. The summed E-state index contributed by atoms with van der Waals surface area (Å²) < 4.78 is 15.9. The van der Waals surface area contributed by atoms with E-state index in [4.69, 9.17) is 13.3 Å². The minimum absolute atomic E-state index is 0.00971. The van der Waals surface area contributed by atoms with Crippen LogP contribution < -0.4 is 0 Å². The van der Waals surface area contributed by atoms with Gasteiger partial charge in [0.25, 0.3) is 8.80 Å². The van der Waals surface area contributed by atoms with Crippen molar-refractivity contribution in [1.82, 2.24) is 9.80 Å². The number of nitrogens with zero attached hydrogens (tertiary/aromatic N) is 2. The van der Waals surface area contributed by atoms with Gasteiger partial charge in [-0.3, -0.25) is 0 Å². The van der Waals surface area contributed by atoms with E-state index in [2.05, 4.69) is 0 Å². The molecule has 7 heteroatoms. The molecule has 0 rings (SSSR count). The van der Waals surface area contributed by atoms with Crippen LogP contribution in [-0.2, 0) is 13.3 Å². The predicted octanol–water partition coefficient (Wildman–Crippen LogP) is 0.868. The van der Waals surface area contributed by atoms with Crippen molar-refractivity contribution in [1.29, 1.82) is 0 Å². The zero-order valence-corrected chi connectivity index (χ0v) is 12.6. The summed E-state index contributed by atoms with van der Waals surface area (Å²) in [6.07, 6.45) is 0.790. The van der Waals surface area contributed by atoms with Crippen LogP contribution in [0.3, 0.4) is 0 Å². The SMILES string of the molecule is CO[Si-](CCCN(C)C(=O)N(C)C)(OC)OC. The van der Waals surface area contributed by atoms with Crippen molar-refractivity contribution >= 4 is 14.8 Å². The van der Waals surface area contributed by atoms with Crippen molar-refractivity contribution in [2.75, 3.05) is 49.0 Å². The Morgan fingerprint density at radius 1 is 1.06 bits per heavy atom. The molecule has 0 saturated carbocycles. The van der Waals surface area contributed by atoms with E-state index < -0.39 is 8.80 Å². The molecule has 0 saturated heterocycles. The molecule has 0 radical (unpaired) electrons. The zero-order valence-electron chi connectivity index (χ0n) is 11.6. The summed E-state index contributed by atoms with van der Waals surface area (Å²) in [5.41, 5.74) is 0. The lowest BCUT2D eigenvalue weighted by molar-refractivity contribution is 0.121. The molecule has 0 atom stereocenters. The second-order valence-electron chi connectivity index (χ2n) is 4.00. The molecule has 17 heavy (non-hydrogen) atoms. The first kappa shape index (κ1) is 16.4. The Morgan fingerprint density at radius 3 is 1.88 bits per heavy atom. The fourth-order valence-electron chi connectivity index (χ4n) is 1.53. The van der Waals surface area contributed by atoms with Gasteiger partial charge in [0.15, 0.2) is 0 Å². The highest BCUT2D eigenvalue weighted by molar-refractivity contribution is 6.60. The Balaban J connectivity index is 4.09. The maximum absolute atomic E-state index is 11.6. The van der Waals surface area contributed by atoms with Gasteiger partial charge >= 0.3 is 6.03 Å². The molecular weight excluding hydrogens is 240 g/mol. The molecule has 103 valence electrons. The van der Waals surface area contributed by atoms with E-state index >= 15 is 0 Å². The second-order valence-corrected chi connectivity index (χ2v) is 7.09. The van der Waals surface area contributed by atoms with Crippen molar-refractivity contribution in [2.45, 2.75) is 12.5 Å². The van der Waals surface area contributed by atoms with Gasteiger partial charge in [0.2, 0.25) is 0 Å². The number of carbonyl (C=O) groups is 1. The molecule has 0 aliphatic carbocycles. The van der Waals surface area contributed by atoms with Crippen LogP contribution in [0.25, 0.3) is 0 Å². The highest BCUT2D eigenvalue weighted by Crippen LogP contribution is 2.15. The number of rotatable bonds is 7. The Kier molecular flexibility index (Phi) is 7.36. The summed E-state index contributed by atoms with van der Waals surface area (Å²) in [5, 5.41) is 0. The van der Waals surface area contributed by atoms with Gasteiger partial charge in [-0.2, -0.15) is 0 Å². The lowest BCUT2D eigenvalue weighted by atomic mass is 10.4. The van der Waals surface area contributed by atoms with Gasteiger partial charge in [0.05, 0.1) is 0 Å². The number of hydrogen-bond donors (Lipinski definition) is 0. The lowest BCUT2D eigenvalue weighted by Crippen LogP contribution is -2.44. The quantitative estimate of drug-likeness (QED) is 0.640. The van der Waals surface area contributed by atoms with E-state index in [1.165, 1.54) is 0 Å². The molecule has 2 amide bonds. The van der Waals surface area contributed by atoms with Crippen LogP contribution in [0, 0.1) is 0 Å². The maximum Gasteiger partial charge on any atom is 0.319 e. The highest BCUT2D eigenvalue weighted by Gasteiger charge is 2.22. The van der Waals surface area contributed by atoms with Crippen LogP contribution in [0.4, 0.5) is 4.79 Å². The van der Waals surface area contributed by atoms with Crippen molar-refractivity contribution in [3.63, 3.8) is 0 Å². The van der Waals surface area contributed by atoms with Gasteiger partial charge in [0.1, 0.15) is 0 Å². The van der Waals surface area contributed by atoms with Gasteiger partial charge < -0.3 is 23.1 Å². The average molecular weight is 264 g/mol. The third-order valence-electron chi connectivity index (χ3n) is 2.62. The number of hydrogen-bond acceptors (Lipinski definition) is 4. The maximum atomic E-state index is 11.6. The molecule has 6 nitrogen and oxygen atoms in total. The first-order valence-corrected chi connectivity index (χ1v) is 7.43. The summed E-state index contributed by atoms with van der Waals surface area (Å²) in [5.74, 6) is 0. The fourth-order valence-corrected chi connectivity index (χ4v) is 3.23. The lowest BCUT2D eigenvalue weighted by Gasteiger charge is -2.39. The monoisotopic (exact) mass is 264 g/mol. The van der Waals surface area contributed by atoms with Crippen LogP contribution in [0.2, 0.25) is 6.04 Å². The Bertz CT molecular complexity index is 226. The molecule has 0 aliphatic heterocycles. The summed E-state index contributed by atoms with van der Waals surface area (Å²) in [4.78, 5) is 14.8. The first-order valence-electron chi connectivity index (χ1n) is 5.50. The summed E-state index contributed by atoms with van der Waals surface area (Å²) in [6, 6.07) is 0.686. The van der Waals surface area contributed by atoms with Gasteiger partial charge in [-0.1, -0.05) is 12.5 Å². The smallest absolute Gasteiger partial charge is 0.319 e. The minimum atomic E-state index is -2.50. The molecule has 0 spiro atoms. The molecule has 0 aromatic carbocycles. The first-order chi connectivity index (χ1) is 7.92. The van der Waals surface area contributed by atoms with E-state index in [0.29, 0.717) is 12.6 Å². The second kappa shape index (κ2) is 7.65. The summed E-state index contributed by atoms with van der Waals surface area (Å²) >= 11 is 0. The third kappa shape index (κ3) is 5.03. The minimum Gasteiger partial charge on any atom is -0.527 e. The number of carbonyl (C=O) groups excluding carboxylic acids is 1. The third-order valence-corrected chi connectivity index (χ3v) is 5.45. The molecule has 0 aliphatic rings. The zero-order chi connectivity index (χ0) is 13.5. The Morgan fingerprint density at radius 2 is 1.53 bits per heavy atom. The van der Waals surface area contributed by atoms with E-state index in [0.717, 1.165) is 6.42 Å². The standard InChI is InChI=1S/C10H24N2O4Si/c1-11(2)10(13)12(3)8-7-9-17(14-4,15-5)16-6/h7-9H2,1-6H3/q-1. The number of amides is 2. The van der Waals surface area contributed by atoms with Crippen LogP contribution in [0.15, 0.2) is 0 Å². The predicted molar refractivity (Wildman–Crippen MR) is 67.9 cm³/mol. The highest BCUT2D eigenvalue weighted by atomic mass is 28.4. The fraction of sp³-hybridized carbons (Fsp3) is 0.900. The van der Waals surface area contributed by atoms with Gasteiger partial charge in [-0.25, -0.2) is 4.79 Å². The molecule has 0 aromatic heterocycles. The van der Waals surface area contributed by atoms with Gasteiger partial charge in [-0.05, 0) is 21.3 Å². The molecular formula is C10H24N2O4Si-. The Labute approximate surface area is 105 Å². The van der Waals surface area contributed by atoms with Gasteiger partial charge in [-0.15, -0.1) is 0 Å². The molecule has 0 unspecified atom stereocenters. The number of urea groups is 1. The molecule has 0 fully saturated rings. The molecule has 0 heterocycles. The van der Waals surface area contributed by atoms with E-state index in [9.17, 15) is 4.79 Å². The summed E-state index contributed by atoms with van der Waals surface area (Å²) in [6.45, 7) is 0.655. The average Bonchev–Trinajstić information content (AvgIpc) is 2.34. The van der Waals surface area contributed by atoms with Crippen molar-refractivity contribution in [3.8, 4) is 0 Å². The van der Waals surface area contributed by atoms with Crippen LogP contribution in [0.5, 0.6) is 0 Å². The van der Waals surface area contributed by atoms with Crippen LogP contribution >= 0.6 is 0 Å². The molecule has 0 N–H and O–H groups in total. The van der Waals surface area contributed by atoms with Crippen LogP contribution in [-0.4, -0.2) is 73.7 Å². The van der Waals surface area contributed by atoms with E-state index in [1.54, 1.807) is 52.3 Å². The topological polar surface area (TPSA) is 51.2 Å². The molecule has 0 aromatic rings. The van der Waals surface area contributed by atoms with Crippen LogP contribution in [0.1, 0.15) is 6.42 Å². The van der Waals surface area contributed by atoms with Crippen molar-refractivity contribution < 1.29 is 18.1 Å². The van der Waals surface area contributed by atoms with E-state index in [-0.39, 0.29) is 6.03 Å².